The van der Waals surface area contributed by atoms with Gasteiger partial charge in [-0.1, -0.05) is 29.8 Å². The zero-order chi connectivity index (χ0) is 21.7. The molecule has 0 unspecified atom stereocenters. The number of hydrogen-bond donors (Lipinski definition) is 0. The molecular weight excluding hydrogens is 415 g/mol. The van der Waals surface area contributed by atoms with Gasteiger partial charge in [0.2, 0.25) is 0 Å². The van der Waals surface area contributed by atoms with Crippen molar-refractivity contribution in [2.45, 2.75) is 13.8 Å². The molecule has 5 rings (SSSR count). The molecule has 0 bridgehead atoms. The van der Waals surface area contributed by atoms with Gasteiger partial charge in [0, 0.05) is 36.9 Å². The number of pyridine rings is 1. The summed E-state index contributed by atoms with van der Waals surface area (Å²) in [7, 11) is 1.85. The normalized spacial score (nSPS) is 11.4. The minimum atomic E-state index is -0.345. The molecule has 0 aliphatic rings. The maximum atomic E-state index is 14.5. The second-order valence-corrected chi connectivity index (χ2v) is 7.78. The minimum absolute atomic E-state index is 0.345. The first-order valence-electron chi connectivity index (χ1n) is 9.74. The highest BCUT2D eigenvalue weighted by Crippen LogP contribution is 2.35. The molecule has 31 heavy (non-hydrogen) atoms. The molecule has 0 aliphatic carbocycles. The lowest BCUT2D eigenvalue weighted by Gasteiger charge is -2.06. The first-order valence-corrected chi connectivity index (χ1v) is 10.1. The third-order valence-electron chi connectivity index (χ3n) is 5.28. The molecule has 0 N–H and O–H groups in total. The fourth-order valence-corrected chi connectivity index (χ4v) is 4.03. The van der Waals surface area contributed by atoms with Gasteiger partial charge in [0.15, 0.2) is 11.7 Å². The molecule has 0 amide bonds. The number of rotatable bonds is 3. The summed E-state index contributed by atoms with van der Waals surface area (Å²) >= 11 is 6.39. The van der Waals surface area contributed by atoms with E-state index in [0.29, 0.717) is 44.8 Å². The van der Waals surface area contributed by atoms with Crippen LogP contribution in [0.3, 0.4) is 0 Å². The van der Waals surface area contributed by atoms with E-state index < -0.39 is 0 Å². The zero-order valence-electron chi connectivity index (χ0n) is 17.1. The van der Waals surface area contributed by atoms with Crippen molar-refractivity contribution in [3.63, 3.8) is 0 Å². The standard InChI is InChI=1S/C24H18ClFN4O/c1-13-23(31-14(2)28-13)20-9-8-15(12-27-20)18-10-16(26)11-21-22(18)29-24(30(21)3)17-6-4-5-7-19(17)25/h4-12H,1-3H3. The molecule has 5 aromatic rings. The van der Waals surface area contributed by atoms with Crippen LogP contribution < -0.4 is 0 Å². The number of fused-ring (bicyclic) bond motifs is 1. The Morgan fingerprint density at radius 1 is 1.00 bits per heavy atom. The molecular formula is C24H18ClFN4O. The van der Waals surface area contributed by atoms with Gasteiger partial charge in [-0.2, -0.15) is 0 Å². The smallest absolute Gasteiger partial charge is 0.192 e. The summed E-state index contributed by atoms with van der Waals surface area (Å²) in [6.45, 7) is 3.67. The first kappa shape index (κ1) is 19.5. The molecule has 3 heterocycles. The summed E-state index contributed by atoms with van der Waals surface area (Å²) < 4.78 is 22.0. The predicted octanol–water partition coefficient (Wildman–Crippen LogP) is 6.37. The monoisotopic (exact) mass is 432 g/mol. The van der Waals surface area contributed by atoms with Crippen molar-refractivity contribution in [2.75, 3.05) is 0 Å². The lowest BCUT2D eigenvalue weighted by atomic mass is 10.0. The van der Waals surface area contributed by atoms with Gasteiger partial charge in [-0.15, -0.1) is 0 Å². The highest BCUT2D eigenvalue weighted by atomic mass is 35.5. The van der Waals surface area contributed by atoms with E-state index in [9.17, 15) is 4.39 Å². The topological polar surface area (TPSA) is 56.7 Å². The van der Waals surface area contributed by atoms with Gasteiger partial charge in [0.25, 0.3) is 0 Å². The van der Waals surface area contributed by atoms with Crippen molar-refractivity contribution in [3.8, 4) is 34.0 Å². The van der Waals surface area contributed by atoms with Crippen molar-refractivity contribution in [3.05, 3.63) is 77.2 Å². The van der Waals surface area contributed by atoms with Crippen LogP contribution in [-0.2, 0) is 7.05 Å². The van der Waals surface area contributed by atoms with Crippen molar-refractivity contribution in [1.29, 1.82) is 0 Å². The average Bonchev–Trinajstić information content (AvgIpc) is 3.26. The van der Waals surface area contributed by atoms with Crippen LogP contribution in [0.2, 0.25) is 5.02 Å². The van der Waals surface area contributed by atoms with Crippen LogP contribution in [0, 0.1) is 19.7 Å². The highest BCUT2D eigenvalue weighted by molar-refractivity contribution is 6.33. The SMILES string of the molecule is Cc1nc(C)c(-c2ccc(-c3cc(F)cc4c3nc(-c3ccccc3Cl)n4C)cn2)o1. The molecule has 7 heteroatoms. The summed E-state index contributed by atoms with van der Waals surface area (Å²) in [5.41, 5.74) is 5.02. The van der Waals surface area contributed by atoms with Crippen LogP contribution in [0.4, 0.5) is 4.39 Å². The Bertz CT molecular complexity index is 1440. The quantitative estimate of drug-likeness (QED) is 0.332. The molecule has 0 saturated heterocycles. The van der Waals surface area contributed by atoms with Gasteiger partial charge in [-0.25, -0.2) is 14.4 Å². The fourth-order valence-electron chi connectivity index (χ4n) is 3.81. The van der Waals surface area contributed by atoms with Crippen LogP contribution in [0.1, 0.15) is 11.6 Å². The second kappa shape index (κ2) is 7.32. The minimum Gasteiger partial charge on any atom is -0.439 e. The van der Waals surface area contributed by atoms with Gasteiger partial charge in [-0.3, -0.25) is 4.98 Å². The molecule has 5 nitrogen and oxygen atoms in total. The Balaban J connectivity index is 1.66. The number of benzene rings is 2. The second-order valence-electron chi connectivity index (χ2n) is 7.37. The van der Waals surface area contributed by atoms with Crippen molar-refractivity contribution in [2.24, 2.45) is 7.05 Å². The largest absolute Gasteiger partial charge is 0.439 e. The van der Waals surface area contributed by atoms with Gasteiger partial charge in [0.1, 0.15) is 17.3 Å². The lowest BCUT2D eigenvalue weighted by molar-refractivity contribution is 0.532. The number of imidazole rings is 1. The van der Waals surface area contributed by atoms with E-state index in [2.05, 4.69) is 9.97 Å². The van der Waals surface area contributed by atoms with Crippen LogP contribution in [-0.4, -0.2) is 19.5 Å². The Morgan fingerprint density at radius 3 is 2.48 bits per heavy atom. The Labute approximate surface area is 183 Å². The molecule has 0 spiro atoms. The van der Waals surface area contributed by atoms with E-state index in [0.717, 1.165) is 16.8 Å². The van der Waals surface area contributed by atoms with Crippen LogP contribution in [0.15, 0.2) is 59.1 Å². The highest BCUT2D eigenvalue weighted by Gasteiger charge is 2.18. The van der Waals surface area contributed by atoms with Gasteiger partial charge < -0.3 is 8.98 Å². The molecule has 3 aromatic heterocycles. The van der Waals surface area contributed by atoms with Gasteiger partial charge in [0.05, 0.1) is 21.7 Å². The molecule has 154 valence electrons. The van der Waals surface area contributed by atoms with Crippen LogP contribution in [0.5, 0.6) is 0 Å². The molecule has 0 aliphatic heterocycles. The van der Waals surface area contributed by atoms with Crippen molar-refractivity contribution in [1.82, 2.24) is 19.5 Å². The van der Waals surface area contributed by atoms with Crippen molar-refractivity contribution < 1.29 is 8.81 Å². The predicted molar refractivity (Wildman–Crippen MR) is 119 cm³/mol. The molecule has 0 radical (unpaired) electrons. The number of aromatic nitrogens is 4. The maximum absolute atomic E-state index is 14.5. The van der Waals surface area contributed by atoms with E-state index in [1.165, 1.54) is 12.1 Å². The van der Waals surface area contributed by atoms with E-state index in [-0.39, 0.29) is 5.82 Å². The Morgan fingerprint density at radius 2 is 1.81 bits per heavy atom. The van der Waals surface area contributed by atoms with E-state index in [1.807, 2.05) is 54.9 Å². The average molecular weight is 433 g/mol. The molecule has 0 atom stereocenters. The molecule has 0 fully saturated rings. The molecule has 0 saturated carbocycles. The fraction of sp³-hybridized carbons (Fsp3) is 0.125. The van der Waals surface area contributed by atoms with Crippen LogP contribution in [0.25, 0.3) is 45.0 Å². The Kier molecular flexibility index (Phi) is 4.59. The van der Waals surface area contributed by atoms with E-state index >= 15 is 0 Å². The van der Waals surface area contributed by atoms with E-state index in [4.69, 9.17) is 21.0 Å². The summed E-state index contributed by atoms with van der Waals surface area (Å²) in [5.74, 6) is 1.55. The number of hydrogen-bond acceptors (Lipinski definition) is 4. The molecule has 2 aromatic carbocycles. The summed E-state index contributed by atoms with van der Waals surface area (Å²) in [4.78, 5) is 13.6. The third kappa shape index (κ3) is 3.29. The van der Waals surface area contributed by atoms with Crippen LogP contribution >= 0.6 is 11.6 Å². The summed E-state index contributed by atoms with van der Waals surface area (Å²) in [5, 5.41) is 0.590. The first-order chi connectivity index (χ1) is 14.9. The van der Waals surface area contributed by atoms with Gasteiger partial charge in [-0.05, 0) is 37.3 Å². The number of oxazole rings is 1. The lowest BCUT2D eigenvalue weighted by Crippen LogP contribution is -1.93. The third-order valence-corrected chi connectivity index (χ3v) is 5.61. The Hall–Kier alpha value is -3.51. The summed E-state index contributed by atoms with van der Waals surface area (Å²) in [6, 6.07) is 14.2. The van der Waals surface area contributed by atoms with Crippen molar-refractivity contribution >= 4 is 22.6 Å². The number of nitrogens with zero attached hydrogens (tertiary/aromatic N) is 4. The summed E-state index contributed by atoms with van der Waals surface area (Å²) in [6.07, 6.45) is 1.70. The zero-order valence-corrected chi connectivity index (χ0v) is 17.9. The van der Waals surface area contributed by atoms with Gasteiger partial charge >= 0.3 is 0 Å². The maximum Gasteiger partial charge on any atom is 0.192 e. The number of halogens is 2. The number of aryl methyl sites for hydroxylation is 3. The van der Waals surface area contributed by atoms with E-state index in [1.54, 1.807) is 13.1 Å².